The molecule has 0 aromatic rings. The van der Waals surface area contributed by atoms with Crippen LogP contribution in [0.2, 0.25) is 0 Å². The van der Waals surface area contributed by atoms with E-state index in [1.807, 2.05) is 4.90 Å². The number of methoxy groups -OCH3 is 1. The zero-order chi connectivity index (χ0) is 15.9. The van der Waals surface area contributed by atoms with Crippen LogP contribution in [0.3, 0.4) is 0 Å². The van der Waals surface area contributed by atoms with Crippen molar-refractivity contribution in [3.05, 3.63) is 11.6 Å². The molecule has 0 spiro atoms. The van der Waals surface area contributed by atoms with Gasteiger partial charge in [-0.15, -0.1) is 0 Å². The lowest BCUT2D eigenvalue weighted by atomic mass is 9.80. The number of nitrogens with one attached hydrogen (secondary N) is 1. The summed E-state index contributed by atoms with van der Waals surface area (Å²) in [6.07, 6.45) is 7.62. The zero-order valence-corrected chi connectivity index (χ0v) is 14.4. The van der Waals surface area contributed by atoms with Crippen LogP contribution in [0.1, 0.15) is 46.0 Å². The molecular weight excluding hydrogens is 276 g/mol. The number of allylic oxidation sites excluding steroid dienone is 1. The average Bonchev–Trinajstić information content (AvgIpc) is 2.52. The third-order valence-electron chi connectivity index (χ3n) is 5.35. The lowest BCUT2D eigenvalue weighted by Crippen LogP contribution is -2.46. The summed E-state index contributed by atoms with van der Waals surface area (Å²) in [7, 11) is 1.64. The molecule has 0 radical (unpaired) electrons. The molecule has 1 aliphatic heterocycles. The molecule has 0 unspecified atom stereocenters. The molecule has 1 fully saturated rings. The second-order valence-electron chi connectivity index (χ2n) is 6.92. The number of ether oxygens (including phenoxy) is 1. The smallest absolute Gasteiger partial charge is 0.224 e. The summed E-state index contributed by atoms with van der Waals surface area (Å²) in [5.74, 6) is 1.71. The van der Waals surface area contributed by atoms with Crippen LogP contribution in [0.5, 0.6) is 0 Å². The molecule has 2 atom stereocenters. The highest BCUT2D eigenvalue weighted by Crippen LogP contribution is 2.29. The second-order valence-corrected chi connectivity index (χ2v) is 6.92. The molecule has 1 N–H and O–H groups in total. The number of amides is 1. The minimum atomic E-state index is 0.236. The average molecular weight is 308 g/mol. The van der Waals surface area contributed by atoms with Crippen molar-refractivity contribution >= 4 is 5.91 Å². The maximum absolute atomic E-state index is 12.0. The standard InChI is InChI=1S/C18H32N2O2/c1-14-5-4-6-15(2)17(14)13-19-16-7-10-20(11-8-16)18(21)9-12-22-3/h5,15-17,19H,4,6-13H2,1-3H3/t15-,17-/m1/s1. The van der Waals surface area contributed by atoms with Gasteiger partial charge in [0.25, 0.3) is 0 Å². The molecule has 126 valence electrons. The minimum absolute atomic E-state index is 0.236. The molecule has 1 amide bonds. The lowest BCUT2D eigenvalue weighted by molar-refractivity contribution is -0.133. The molecule has 0 aromatic heterocycles. The fourth-order valence-corrected chi connectivity index (χ4v) is 3.71. The van der Waals surface area contributed by atoms with Gasteiger partial charge in [0, 0.05) is 32.8 Å². The molecule has 4 heteroatoms. The molecule has 2 rings (SSSR count). The molecule has 2 aliphatic rings. The Morgan fingerprint density at radius 2 is 2.09 bits per heavy atom. The van der Waals surface area contributed by atoms with Crippen molar-refractivity contribution in [3.63, 3.8) is 0 Å². The number of hydrogen-bond acceptors (Lipinski definition) is 3. The first-order chi connectivity index (χ1) is 10.6. The van der Waals surface area contributed by atoms with Gasteiger partial charge in [0.1, 0.15) is 0 Å². The monoisotopic (exact) mass is 308 g/mol. The number of carbonyl (C=O) groups is 1. The van der Waals surface area contributed by atoms with Crippen LogP contribution < -0.4 is 5.32 Å². The highest BCUT2D eigenvalue weighted by molar-refractivity contribution is 5.76. The Morgan fingerprint density at radius 1 is 1.36 bits per heavy atom. The SMILES string of the molecule is COCCC(=O)N1CCC(NC[C@@H]2C(C)=CCC[C@H]2C)CC1. The van der Waals surface area contributed by atoms with Crippen molar-refractivity contribution in [3.8, 4) is 0 Å². The van der Waals surface area contributed by atoms with Crippen molar-refractivity contribution in [2.45, 2.75) is 52.0 Å². The second kappa shape index (κ2) is 8.68. The van der Waals surface area contributed by atoms with Gasteiger partial charge >= 0.3 is 0 Å². The number of hydrogen-bond donors (Lipinski definition) is 1. The molecule has 0 saturated carbocycles. The van der Waals surface area contributed by atoms with Gasteiger partial charge in [-0.3, -0.25) is 4.79 Å². The molecule has 22 heavy (non-hydrogen) atoms. The van der Waals surface area contributed by atoms with E-state index in [-0.39, 0.29) is 5.91 Å². The van der Waals surface area contributed by atoms with Gasteiger partial charge in [-0.2, -0.15) is 0 Å². The minimum Gasteiger partial charge on any atom is -0.384 e. The van der Waals surface area contributed by atoms with Crippen molar-refractivity contribution < 1.29 is 9.53 Å². The van der Waals surface area contributed by atoms with Crippen molar-refractivity contribution in [2.24, 2.45) is 11.8 Å². The number of piperidine rings is 1. The van der Waals surface area contributed by atoms with E-state index < -0.39 is 0 Å². The zero-order valence-electron chi connectivity index (χ0n) is 14.4. The fourth-order valence-electron chi connectivity index (χ4n) is 3.71. The predicted molar refractivity (Wildman–Crippen MR) is 89.7 cm³/mol. The van der Waals surface area contributed by atoms with Gasteiger partial charge in [-0.1, -0.05) is 18.6 Å². The van der Waals surface area contributed by atoms with Gasteiger partial charge in [-0.05, 0) is 44.4 Å². The van der Waals surface area contributed by atoms with Gasteiger partial charge in [0.2, 0.25) is 5.91 Å². The normalized spacial score (nSPS) is 26.9. The van der Waals surface area contributed by atoms with Crippen molar-refractivity contribution in [1.82, 2.24) is 10.2 Å². The highest BCUT2D eigenvalue weighted by atomic mass is 16.5. The summed E-state index contributed by atoms with van der Waals surface area (Å²) in [6.45, 7) is 8.04. The summed E-state index contributed by atoms with van der Waals surface area (Å²) in [4.78, 5) is 14.0. The van der Waals surface area contributed by atoms with Gasteiger partial charge in [0.15, 0.2) is 0 Å². The molecule has 0 aromatic carbocycles. The van der Waals surface area contributed by atoms with Crippen LogP contribution >= 0.6 is 0 Å². The Balaban J connectivity index is 1.70. The maximum Gasteiger partial charge on any atom is 0.224 e. The van der Waals surface area contributed by atoms with E-state index >= 15 is 0 Å². The van der Waals surface area contributed by atoms with Crippen LogP contribution in [0.4, 0.5) is 0 Å². The molecule has 1 heterocycles. The molecule has 4 nitrogen and oxygen atoms in total. The van der Waals surface area contributed by atoms with E-state index in [1.54, 1.807) is 12.7 Å². The maximum atomic E-state index is 12.0. The van der Waals surface area contributed by atoms with Crippen LogP contribution in [-0.2, 0) is 9.53 Å². The van der Waals surface area contributed by atoms with Gasteiger partial charge in [-0.25, -0.2) is 0 Å². The van der Waals surface area contributed by atoms with Gasteiger partial charge in [0.05, 0.1) is 13.0 Å². The van der Waals surface area contributed by atoms with E-state index in [4.69, 9.17) is 4.74 Å². The number of likely N-dealkylation sites (tertiary alicyclic amines) is 1. The van der Waals surface area contributed by atoms with E-state index in [0.29, 0.717) is 25.0 Å². The summed E-state index contributed by atoms with van der Waals surface area (Å²) in [5, 5.41) is 3.75. The third kappa shape index (κ3) is 4.82. The first-order valence-electron chi connectivity index (χ1n) is 8.78. The predicted octanol–water partition coefficient (Wildman–Crippen LogP) is 2.60. The first-order valence-corrected chi connectivity index (χ1v) is 8.78. The molecule has 1 saturated heterocycles. The first kappa shape index (κ1) is 17.5. The topological polar surface area (TPSA) is 41.6 Å². The fraction of sp³-hybridized carbons (Fsp3) is 0.833. The Hall–Kier alpha value is -0.870. The van der Waals surface area contributed by atoms with Crippen molar-refractivity contribution in [2.75, 3.05) is 33.4 Å². The van der Waals surface area contributed by atoms with Crippen LogP contribution in [0.25, 0.3) is 0 Å². The lowest BCUT2D eigenvalue weighted by Gasteiger charge is -2.35. The van der Waals surface area contributed by atoms with E-state index in [9.17, 15) is 4.79 Å². The highest BCUT2D eigenvalue weighted by Gasteiger charge is 2.25. The number of rotatable bonds is 6. The molecule has 0 bridgehead atoms. The van der Waals surface area contributed by atoms with Crippen molar-refractivity contribution in [1.29, 1.82) is 0 Å². The van der Waals surface area contributed by atoms with E-state index in [0.717, 1.165) is 38.4 Å². The Labute approximate surface area is 135 Å². The summed E-state index contributed by atoms with van der Waals surface area (Å²) in [6, 6.07) is 0.563. The van der Waals surface area contributed by atoms with Crippen LogP contribution in [0.15, 0.2) is 11.6 Å². The Bertz CT molecular complexity index is 387. The Kier molecular flexibility index (Phi) is 6.90. The summed E-state index contributed by atoms with van der Waals surface area (Å²) in [5.41, 5.74) is 1.55. The largest absolute Gasteiger partial charge is 0.384 e. The molecular formula is C18H32N2O2. The summed E-state index contributed by atoms with van der Waals surface area (Å²) < 4.78 is 4.99. The third-order valence-corrected chi connectivity index (χ3v) is 5.35. The van der Waals surface area contributed by atoms with E-state index in [1.165, 1.54) is 12.8 Å². The number of carbonyl (C=O) groups excluding carboxylic acids is 1. The van der Waals surface area contributed by atoms with Crippen LogP contribution in [0, 0.1) is 11.8 Å². The molecule has 1 aliphatic carbocycles. The quantitative estimate of drug-likeness (QED) is 0.767. The van der Waals surface area contributed by atoms with E-state index in [2.05, 4.69) is 25.2 Å². The van der Waals surface area contributed by atoms with Gasteiger partial charge < -0.3 is 15.0 Å². The summed E-state index contributed by atoms with van der Waals surface area (Å²) >= 11 is 0. The Morgan fingerprint density at radius 3 is 2.73 bits per heavy atom. The van der Waals surface area contributed by atoms with Crippen LogP contribution in [-0.4, -0.2) is 50.2 Å². The number of nitrogens with zero attached hydrogens (tertiary/aromatic N) is 1.